The van der Waals surface area contributed by atoms with E-state index in [9.17, 15) is 23.1 Å². The first-order valence-corrected chi connectivity index (χ1v) is 9.75. The number of hydrogen-bond acceptors (Lipinski definition) is 6. The summed E-state index contributed by atoms with van der Waals surface area (Å²) in [5.74, 6) is -0.875. The number of morpholine rings is 1. The summed E-state index contributed by atoms with van der Waals surface area (Å²) in [5, 5.41) is 12.5. The van der Waals surface area contributed by atoms with Gasteiger partial charge in [0.2, 0.25) is 11.5 Å². The van der Waals surface area contributed by atoms with Crippen molar-refractivity contribution in [2.24, 2.45) is 0 Å². The highest BCUT2D eigenvalue weighted by atomic mass is 32.1. The number of aromatic nitrogens is 1. The summed E-state index contributed by atoms with van der Waals surface area (Å²) in [6.45, 7) is 4.81. The van der Waals surface area contributed by atoms with E-state index in [2.05, 4.69) is 15.2 Å². The van der Waals surface area contributed by atoms with Crippen molar-refractivity contribution in [1.29, 1.82) is 0 Å². The van der Waals surface area contributed by atoms with E-state index >= 15 is 0 Å². The average Bonchev–Trinajstić information content (AvgIpc) is 3.06. The fraction of sp³-hybridized carbons (Fsp3) is 0.556. The van der Waals surface area contributed by atoms with Crippen LogP contribution in [0.25, 0.3) is 10.2 Å². The normalized spacial score (nSPS) is 19.3. The Morgan fingerprint density at radius 3 is 2.68 bits per heavy atom. The maximum absolute atomic E-state index is 13.7. The van der Waals surface area contributed by atoms with Crippen LogP contribution in [0.3, 0.4) is 0 Å². The molecule has 1 aliphatic rings. The Balaban J connectivity index is 1.72. The smallest absolute Gasteiger partial charge is 0.379 e. The molecule has 3 rings (SSSR count). The molecule has 1 aliphatic heterocycles. The summed E-state index contributed by atoms with van der Waals surface area (Å²) in [6.07, 6.45) is -6.17. The number of aliphatic hydroxyl groups is 1. The van der Waals surface area contributed by atoms with E-state index in [-0.39, 0.29) is 6.04 Å². The predicted molar refractivity (Wildman–Crippen MR) is 99.1 cm³/mol. The molecule has 6 nitrogen and oxygen atoms in total. The van der Waals surface area contributed by atoms with Gasteiger partial charge < -0.3 is 15.2 Å². The minimum atomic E-state index is -5.04. The zero-order valence-electron chi connectivity index (χ0n) is 15.3. The Labute approximate surface area is 164 Å². The van der Waals surface area contributed by atoms with Gasteiger partial charge in [0.15, 0.2) is 0 Å². The fourth-order valence-corrected chi connectivity index (χ4v) is 4.19. The van der Waals surface area contributed by atoms with Gasteiger partial charge >= 0.3 is 6.18 Å². The van der Waals surface area contributed by atoms with Crippen molar-refractivity contribution in [2.75, 3.05) is 32.8 Å². The molecular formula is C18H22F3N3O3S. The van der Waals surface area contributed by atoms with Gasteiger partial charge in [-0.15, -0.1) is 11.3 Å². The Kier molecular flexibility index (Phi) is 6.23. The van der Waals surface area contributed by atoms with E-state index in [1.807, 2.05) is 0 Å². The van der Waals surface area contributed by atoms with Crippen LogP contribution in [0.1, 0.15) is 18.4 Å². The lowest BCUT2D eigenvalue weighted by Crippen LogP contribution is -2.50. The standard InChI is InChI=1S/C18H22F3N3O3S/c1-12(11-24-6-8-27-9-7-24)22-15(25)10-17(26,18(19,20)21)16-23-13-4-2-3-5-14(13)28-16/h2-5,12,26H,6-11H2,1H3,(H,22,25). The lowest BCUT2D eigenvalue weighted by Gasteiger charge is -2.31. The molecule has 1 amide bonds. The summed E-state index contributed by atoms with van der Waals surface area (Å²) in [4.78, 5) is 18.3. The molecule has 2 atom stereocenters. The summed E-state index contributed by atoms with van der Waals surface area (Å²) < 4.78 is 46.9. The molecule has 2 N–H and O–H groups in total. The second-order valence-corrected chi connectivity index (χ2v) is 7.93. The van der Waals surface area contributed by atoms with E-state index in [0.717, 1.165) is 11.3 Å². The minimum absolute atomic E-state index is 0.353. The third-order valence-electron chi connectivity index (χ3n) is 4.58. The quantitative estimate of drug-likeness (QED) is 0.754. The third kappa shape index (κ3) is 4.62. The van der Waals surface area contributed by atoms with Crippen molar-refractivity contribution in [2.45, 2.75) is 31.2 Å². The molecule has 0 radical (unpaired) electrons. The number of carbonyl (C=O) groups excluding carboxylic acids is 1. The number of fused-ring (bicyclic) bond motifs is 1. The van der Waals surface area contributed by atoms with Crippen LogP contribution in [-0.2, 0) is 15.1 Å². The predicted octanol–water partition coefficient (Wildman–Crippen LogP) is 2.27. The lowest BCUT2D eigenvalue weighted by atomic mass is 9.99. The number of hydrogen-bond donors (Lipinski definition) is 2. The van der Waals surface area contributed by atoms with Gasteiger partial charge in [-0.25, -0.2) is 4.98 Å². The van der Waals surface area contributed by atoms with Crippen molar-refractivity contribution >= 4 is 27.5 Å². The Hall–Kier alpha value is -1.75. The number of halogens is 3. The molecule has 1 saturated heterocycles. The maximum atomic E-state index is 13.7. The molecule has 1 fully saturated rings. The zero-order chi connectivity index (χ0) is 20.4. The second kappa shape index (κ2) is 8.32. The minimum Gasteiger partial charge on any atom is -0.379 e. The van der Waals surface area contributed by atoms with Crippen molar-refractivity contribution < 1.29 is 27.8 Å². The van der Waals surface area contributed by atoms with Crippen LogP contribution in [-0.4, -0.2) is 66.0 Å². The zero-order valence-corrected chi connectivity index (χ0v) is 16.1. The number of ether oxygens (including phenoxy) is 1. The van der Waals surface area contributed by atoms with Gasteiger partial charge in [0.05, 0.1) is 29.9 Å². The summed E-state index contributed by atoms with van der Waals surface area (Å²) in [7, 11) is 0. The first-order chi connectivity index (χ1) is 13.2. The maximum Gasteiger partial charge on any atom is 0.424 e. The van der Waals surface area contributed by atoms with E-state index < -0.39 is 29.1 Å². The Morgan fingerprint density at radius 2 is 2.04 bits per heavy atom. The number of rotatable bonds is 6. The fourth-order valence-electron chi connectivity index (χ4n) is 3.12. The summed E-state index contributed by atoms with van der Waals surface area (Å²) >= 11 is 0.737. The number of alkyl halides is 3. The van der Waals surface area contributed by atoms with Gasteiger partial charge in [0.1, 0.15) is 5.01 Å². The van der Waals surface area contributed by atoms with Gasteiger partial charge in [-0.2, -0.15) is 13.2 Å². The number of nitrogens with zero attached hydrogens (tertiary/aromatic N) is 2. The number of benzene rings is 1. The monoisotopic (exact) mass is 417 g/mol. The van der Waals surface area contributed by atoms with Crippen LogP contribution >= 0.6 is 11.3 Å². The largest absolute Gasteiger partial charge is 0.424 e. The van der Waals surface area contributed by atoms with E-state index in [1.165, 1.54) is 0 Å². The van der Waals surface area contributed by atoms with Crippen LogP contribution in [0.2, 0.25) is 0 Å². The summed E-state index contributed by atoms with van der Waals surface area (Å²) in [5.41, 5.74) is -2.98. The lowest BCUT2D eigenvalue weighted by molar-refractivity contribution is -0.267. The number of thiazole rings is 1. The van der Waals surface area contributed by atoms with E-state index in [4.69, 9.17) is 4.74 Å². The van der Waals surface area contributed by atoms with Crippen LogP contribution < -0.4 is 5.32 Å². The molecule has 1 aromatic carbocycles. The first-order valence-electron chi connectivity index (χ1n) is 8.93. The molecule has 10 heteroatoms. The van der Waals surface area contributed by atoms with Crippen molar-refractivity contribution in [3.8, 4) is 0 Å². The molecule has 0 aliphatic carbocycles. The molecule has 2 heterocycles. The first kappa shape index (κ1) is 21.0. The van der Waals surface area contributed by atoms with E-state index in [1.54, 1.807) is 31.2 Å². The molecule has 0 spiro atoms. The molecule has 0 saturated carbocycles. The Morgan fingerprint density at radius 1 is 1.36 bits per heavy atom. The number of amides is 1. The Bertz CT molecular complexity index is 790. The third-order valence-corrected chi connectivity index (χ3v) is 5.76. The second-order valence-electron chi connectivity index (χ2n) is 6.90. The molecule has 0 bridgehead atoms. The van der Waals surface area contributed by atoms with Gasteiger partial charge in [-0.3, -0.25) is 9.69 Å². The SMILES string of the molecule is CC(CN1CCOCC1)NC(=O)CC(O)(c1nc2ccccc2s1)C(F)(F)F. The highest BCUT2D eigenvalue weighted by molar-refractivity contribution is 7.18. The summed E-state index contributed by atoms with van der Waals surface area (Å²) in [6, 6.07) is 6.16. The molecule has 1 aromatic heterocycles. The van der Waals surface area contributed by atoms with Crippen LogP contribution in [0.5, 0.6) is 0 Å². The van der Waals surface area contributed by atoms with Crippen molar-refractivity contribution in [3.05, 3.63) is 29.3 Å². The van der Waals surface area contributed by atoms with Crippen molar-refractivity contribution in [3.63, 3.8) is 0 Å². The number of para-hydroxylation sites is 1. The number of carbonyl (C=O) groups is 1. The topological polar surface area (TPSA) is 74.7 Å². The van der Waals surface area contributed by atoms with Gasteiger partial charge in [0, 0.05) is 25.7 Å². The molecule has 2 unspecified atom stereocenters. The molecular weight excluding hydrogens is 395 g/mol. The van der Waals surface area contributed by atoms with Crippen molar-refractivity contribution in [1.82, 2.24) is 15.2 Å². The van der Waals surface area contributed by atoms with Gasteiger partial charge in [-0.1, -0.05) is 12.1 Å². The molecule has 154 valence electrons. The van der Waals surface area contributed by atoms with Gasteiger partial charge in [-0.05, 0) is 19.1 Å². The number of nitrogens with one attached hydrogen (secondary N) is 1. The highest BCUT2D eigenvalue weighted by Gasteiger charge is 2.58. The van der Waals surface area contributed by atoms with Crippen LogP contribution in [0, 0.1) is 0 Å². The van der Waals surface area contributed by atoms with Crippen LogP contribution in [0.15, 0.2) is 24.3 Å². The molecule has 2 aromatic rings. The van der Waals surface area contributed by atoms with Crippen LogP contribution in [0.4, 0.5) is 13.2 Å². The van der Waals surface area contributed by atoms with E-state index in [0.29, 0.717) is 43.1 Å². The molecule has 28 heavy (non-hydrogen) atoms. The average molecular weight is 417 g/mol. The highest BCUT2D eigenvalue weighted by Crippen LogP contribution is 2.44. The van der Waals surface area contributed by atoms with Gasteiger partial charge in [0.25, 0.3) is 0 Å².